The van der Waals surface area contributed by atoms with Crippen LogP contribution in [0.3, 0.4) is 0 Å². The third-order valence-electron chi connectivity index (χ3n) is 4.20. The monoisotopic (exact) mass is 275 g/mol. The highest BCUT2D eigenvalue weighted by atomic mass is 16.7. The van der Waals surface area contributed by atoms with E-state index in [1.165, 1.54) is 19.3 Å². The van der Waals surface area contributed by atoms with Gasteiger partial charge in [0.15, 0.2) is 11.5 Å². The summed E-state index contributed by atoms with van der Waals surface area (Å²) < 4.78 is 11.5. The molecule has 0 radical (unpaired) electrons. The first-order valence-electron chi connectivity index (χ1n) is 7.70. The van der Waals surface area contributed by atoms with Crippen LogP contribution >= 0.6 is 0 Å². The summed E-state index contributed by atoms with van der Waals surface area (Å²) in [4.78, 5) is 0. The minimum atomic E-state index is -0.547. The number of ether oxygens (including phenoxy) is 2. The van der Waals surface area contributed by atoms with Crippen molar-refractivity contribution in [2.24, 2.45) is 11.8 Å². The summed E-state index contributed by atoms with van der Waals surface area (Å²) >= 11 is 0. The molecule has 3 rings (SSSR count). The normalized spacial score (nSPS) is 31.1. The summed E-state index contributed by atoms with van der Waals surface area (Å²) in [5.74, 6) is 2.76. The Morgan fingerprint density at radius 2 is 1.65 bits per heavy atom. The van der Waals surface area contributed by atoms with Gasteiger partial charge >= 0.3 is 0 Å². The summed E-state index contributed by atoms with van der Waals surface area (Å²) in [5, 5.41) is 3.66. The Morgan fingerprint density at radius 3 is 2.35 bits per heavy atom. The fourth-order valence-corrected chi connectivity index (χ4v) is 3.61. The van der Waals surface area contributed by atoms with Crippen molar-refractivity contribution in [3.8, 4) is 11.5 Å². The number of anilines is 1. The van der Waals surface area contributed by atoms with Crippen molar-refractivity contribution in [3.63, 3.8) is 0 Å². The minimum absolute atomic E-state index is 0.547. The molecule has 0 bridgehead atoms. The molecule has 1 aromatic carbocycles. The van der Waals surface area contributed by atoms with Crippen LogP contribution in [0.1, 0.15) is 47.0 Å². The van der Waals surface area contributed by atoms with Gasteiger partial charge in [-0.3, -0.25) is 0 Å². The van der Waals surface area contributed by atoms with Crippen molar-refractivity contribution in [2.45, 2.75) is 58.8 Å². The first-order chi connectivity index (χ1) is 9.41. The molecule has 3 heteroatoms. The van der Waals surface area contributed by atoms with Crippen LogP contribution in [-0.2, 0) is 0 Å². The Balaban J connectivity index is 1.70. The van der Waals surface area contributed by atoms with E-state index in [-0.39, 0.29) is 0 Å². The second-order valence-corrected chi connectivity index (χ2v) is 7.02. The van der Waals surface area contributed by atoms with Crippen LogP contribution in [-0.4, -0.2) is 11.8 Å². The van der Waals surface area contributed by atoms with E-state index >= 15 is 0 Å². The molecule has 1 fully saturated rings. The molecule has 0 amide bonds. The van der Waals surface area contributed by atoms with Crippen LogP contribution in [0.4, 0.5) is 5.69 Å². The van der Waals surface area contributed by atoms with Crippen molar-refractivity contribution >= 4 is 5.69 Å². The van der Waals surface area contributed by atoms with E-state index in [0.29, 0.717) is 6.04 Å². The van der Waals surface area contributed by atoms with E-state index in [0.717, 1.165) is 29.0 Å². The maximum atomic E-state index is 5.80. The number of fused-ring (bicyclic) bond motifs is 1. The molecule has 1 heterocycles. The Hall–Kier alpha value is -1.38. The van der Waals surface area contributed by atoms with Crippen molar-refractivity contribution < 1.29 is 9.47 Å². The quantitative estimate of drug-likeness (QED) is 0.866. The van der Waals surface area contributed by atoms with E-state index in [4.69, 9.17) is 9.47 Å². The lowest BCUT2D eigenvalue weighted by Gasteiger charge is -2.32. The van der Waals surface area contributed by atoms with Gasteiger partial charge in [0.05, 0.1) is 0 Å². The molecule has 1 aromatic rings. The van der Waals surface area contributed by atoms with Crippen molar-refractivity contribution in [1.82, 2.24) is 0 Å². The van der Waals surface area contributed by atoms with E-state index < -0.39 is 5.79 Å². The zero-order chi connectivity index (χ0) is 14.3. The number of nitrogens with one attached hydrogen (secondary N) is 1. The van der Waals surface area contributed by atoms with Crippen molar-refractivity contribution in [1.29, 1.82) is 0 Å². The Bertz CT molecular complexity index is 488. The summed E-state index contributed by atoms with van der Waals surface area (Å²) in [6, 6.07) is 6.73. The molecule has 3 nitrogen and oxygen atoms in total. The van der Waals surface area contributed by atoms with Crippen LogP contribution in [0.25, 0.3) is 0 Å². The van der Waals surface area contributed by atoms with Crippen molar-refractivity contribution in [3.05, 3.63) is 18.2 Å². The van der Waals surface area contributed by atoms with Crippen LogP contribution in [0.15, 0.2) is 18.2 Å². The molecule has 0 saturated heterocycles. The number of rotatable bonds is 2. The molecule has 2 aliphatic rings. The predicted octanol–water partition coefficient (Wildman–Crippen LogP) is 4.43. The highest BCUT2D eigenvalue weighted by Crippen LogP contribution is 2.41. The number of hydrogen-bond acceptors (Lipinski definition) is 3. The van der Waals surface area contributed by atoms with Gasteiger partial charge in [-0.1, -0.05) is 13.8 Å². The van der Waals surface area contributed by atoms with Gasteiger partial charge in [-0.2, -0.15) is 0 Å². The molecule has 110 valence electrons. The lowest BCUT2D eigenvalue weighted by atomic mass is 9.80. The zero-order valence-electron chi connectivity index (χ0n) is 12.9. The summed E-state index contributed by atoms with van der Waals surface area (Å²) in [5.41, 5.74) is 1.14. The van der Waals surface area contributed by atoms with E-state index in [9.17, 15) is 0 Å². The highest BCUT2D eigenvalue weighted by Gasteiger charge is 2.32. The molecule has 1 N–H and O–H groups in total. The Kier molecular flexibility index (Phi) is 3.31. The molecule has 20 heavy (non-hydrogen) atoms. The van der Waals surface area contributed by atoms with E-state index in [1.54, 1.807) is 0 Å². The lowest BCUT2D eigenvalue weighted by molar-refractivity contribution is -0.0431. The number of hydrogen-bond donors (Lipinski definition) is 1. The average Bonchev–Trinajstić information content (AvgIpc) is 2.60. The smallest absolute Gasteiger partial charge is 0.246 e. The van der Waals surface area contributed by atoms with Gasteiger partial charge in [0.1, 0.15) is 0 Å². The molecule has 1 aliphatic heterocycles. The maximum absolute atomic E-state index is 5.80. The second-order valence-electron chi connectivity index (χ2n) is 7.02. The molecule has 2 unspecified atom stereocenters. The predicted molar refractivity (Wildman–Crippen MR) is 81.4 cm³/mol. The Labute approximate surface area is 121 Å². The van der Waals surface area contributed by atoms with E-state index in [2.05, 4.69) is 31.3 Å². The topological polar surface area (TPSA) is 30.5 Å². The first-order valence-corrected chi connectivity index (χ1v) is 7.70. The summed E-state index contributed by atoms with van der Waals surface area (Å²) in [6.45, 7) is 8.58. The molecule has 0 spiro atoms. The lowest BCUT2D eigenvalue weighted by Crippen LogP contribution is -2.30. The van der Waals surface area contributed by atoms with E-state index in [1.807, 2.05) is 19.9 Å². The van der Waals surface area contributed by atoms with Gasteiger partial charge in [-0.25, -0.2) is 0 Å². The molecule has 0 aromatic heterocycles. The minimum Gasteiger partial charge on any atom is -0.449 e. The van der Waals surface area contributed by atoms with Gasteiger partial charge in [0.2, 0.25) is 5.79 Å². The van der Waals surface area contributed by atoms with Crippen LogP contribution < -0.4 is 14.8 Å². The van der Waals surface area contributed by atoms with Gasteiger partial charge < -0.3 is 14.8 Å². The zero-order valence-corrected chi connectivity index (χ0v) is 12.9. The molecular weight excluding hydrogens is 250 g/mol. The SMILES string of the molecule is CC1CC(C)CC(Nc2ccc3c(c2)OC(C)(C)O3)C1. The van der Waals surface area contributed by atoms with Crippen LogP contribution in [0, 0.1) is 11.8 Å². The van der Waals surface area contributed by atoms with Gasteiger partial charge in [-0.15, -0.1) is 0 Å². The van der Waals surface area contributed by atoms with Gasteiger partial charge in [0.25, 0.3) is 0 Å². The van der Waals surface area contributed by atoms with Crippen LogP contribution in [0.5, 0.6) is 11.5 Å². The maximum Gasteiger partial charge on any atom is 0.246 e. The fraction of sp³-hybridized carbons (Fsp3) is 0.647. The summed E-state index contributed by atoms with van der Waals surface area (Å²) in [6.07, 6.45) is 3.86. The molecule has 2 atom stereocenters. The second kappa shape index (κ2) is 4.87. The number of benzene rings is 1. The standard InChI is InChI=1S/C17H25NO2/c1-11-7-12(2)9-14(8-11)18-13-5-6-15-16(10-13)20-17(3,4)19-15/h5-6,10-12,14,18H,7-9H2,1-4H3. The molecule has 1 aliphatic carbocycles. The molecule has 1 saturated carbocycles. The van der Waals surface area contributed by atoms with Gasteiger partial charge in [0, 0.05) is 31.6 Å². The fourth-order valence-electron chi connectivity index (χ4n) is 3.61. The molecular formula is C17H25NO2. The Morgan fingerprint density at radius 1 is 1.00 bits per heavy atom. The first kappa shape index (κ1) is 13.6. The average molecular weight is 275 g/mol. The largest absolute Gasteiger partial charge is 0.449 e. The third kappa shape index (κ3) is 2.87. The van der Waals surface area contributed by atoms with Crippen LogP contribution in [0.2, 0.25) is 0 Å². The van der Waals surface area contributed by atoms with Gasteiger partial charge in [-0.05, 0) is 43.2 Å². The third-order valence-corrected chi connectivity index (χ3v) is 4.20. The van der Waals surface area contributed by atoms with Crippen molar-refractivity contribution in [2.75, 3.05) is 5.32 Å². The summed E-state index contributed by atoms with van der Waals surface area (Å²) in [7, 11) is 0. The highest BCUT2D eigenvalue weighted by molar-refractivity contribution is 5.56.